The lowest BCUT2D eigenvalue weighted by atomic mass is 10.2. The SMILES string of the molecule is CCC(CC)NC(=O)COC(=O)[C@H](C)NC(=O)Nc1ccccc1. The molecular weight excluding hydrogens is 310 g/mol. The van der Waals surface area contributed by atoms with E-state index in [1.165, 1.54) is 6.92 Å². The molecule has 0 spiro atoms. The first-order valence-electron chi connectivity index (χ1n) is 8.04. The van der Waals surface area contributed by atoms with Crippen LogP contribution in [0.25, 0.3) is 0 Å². The van der Waals surface area contributed by atoms with E-state index in [1.807, 2.05) is 19.9 Å². The van der Waals surface area contributed by atoms with Gasteiger partial charge in [0.25, 0.3) is 5.91 Å². The summed E-state index contributed by atoms with van der Waals surface area (Å²) < 4.78 is 4.91. The van der Waals surface area contributed by atoms with Crippen molar-refractivity contribution in [3.8, 4) is 0 Å². The van der Waals surface area contributed by atoms with Gasteiger partial charge in [-0.2, -0.15) is 0 Å². The second-order valence-electron chi connectivity index (χ2n) is 5.37. The second kappa shape index (κ2) is 10.3. The molecule has 7 nitrogen and oxygen atoms in total. The van der Waals surface area contributed by atoms with Crippen LogP contribution in [0.5, 0.6) is 0 Å². The van der Waals surface area contributed by atoms with E-state index in [1.54, 1.807) is 24.3 Å². The van der Waals surface area contributed by atoms with Crippen LogP contribution >= 0.6 is 0 Å². The zero-order valence-corrected chi connectivity index (χ0v) is 14.3. The monoisotopic (exact) mass is 335 g/mol. The summed E-state index contributed by atoms with van der Waals surface area (Å²) in [5.41, 5.74) is 0.611. The maximum absolute atomic E-state index is 11.8. The average Bonchev–Trinajstić information content (AvgIpc) is 2.58. The van der Waals surface area contributed by atoms with Crippen LogP contribution in [-0.2, 0) is 14.3 Å². The van der Waals surface area contributed by atoms with E-state index in [0.29, 0.717) is 5.69 Å². The van der Waals surface area contributed by atoms with Crippen LogP contribution in [0.15, 0.2) is 30.3 Å². The number of anilines is 1. The summed E-state index contributed by atoms with van der Waals surface area (Å²) in [6.45, 7) is 5.07. The van der Waals surface area contributed by atoms with E-state index in [4.69, 9.17) is 4.74 Å². The van der Waals surface area contributed by atoms with E-state index < -0.39 is 18.0 Å². The van der Waals surface area contributed by atoms with Crippen molar-refractivity contribution in [3.63, 3.8) is 0 Å². The molecule has 3 amide bonds. The quantitative estimate of drug-likeness (QED) is 0.633. The summed E-state index contributed by atoms with van der Waals surface area (Å²) in [6.07, 6.45) is 1.63. The second-order valence-corrected chi connectivity index (χ2v) is 5.37. The van der Waals surface area contributed by atoms with Gasteiger partial charge in [-0.05, 0) is 31.9 Å². The summed E-state index contributed by atoms with van der Waals surface area (Å²) >= 11 is 0. The molecule has 0 heterocycles. The number of nitrogens with one attached hydrogen (secondary N) is 3. The highest BCUT2D eigenvalue weighted by atomic mass is 16.5. The Bertz CT molecular complexity index is 544. The summed E-state index contributed by atoms with van der Waals surface area (Å²) in [5, 5.41) is 7.82. The fourth-order valence-corrected chi connectivity index (χ4v) is 1.97. The Morgan fingerprint density at radius 1 is 1.04 bits per heavy atom. The van der Waals surface area contributed by atoms with Crippen LogP contribution in [0.2, 0.25) is 0 Å². The van der Waals surface area contributed by atoms with Crippen LogP contribution < -0.4 is 16.0 Å². The third-order valence-corrected chi connectivity index (χ3v) is 3.43. The predicted molar refractivity (Wildman–Crippen MR) is 91.5 cm³/mol. The smallest absolute Gasteiger partial charge is 0.328 e. The van der Waals surface area contributed by atoms with Gasteiger partial charge < -0.3 is 20.7 Å². The van der Waals surface area contributed by atoms with Gasteiger partial charge in [0, 0.05) is 11.7 Å². The summed E-state index contributed by atoms with van der Waals surface area (Å²) in [7, 11) is 0. The first kappa shape index (κ1) is 19.5. The Balaban J connectivity index is 2.34. The largest absolute Gasteiger partial charge is 0.454 e. The van der Waals surface area contributed by atoms with Crippen molar-refractivity contribution in [1.82, 2.24) is 10.6 Å². The number of carbonyl (C=O) groups is 3. The Kier molecular flexibility index (Phi) is 8.32. The van der Waals surface area contributed by atoms with Crippen molar-refractivity contribution in [2.45, 2.75) is 45.7 Å². The third-order valence-electron chi connectivity index (χ3n) is 3.43. The standard InChI is InChI=1S/C17H25N3O4/c1-4-13(5-2)19-15(21)11-24-16(22)12(3)18-17(23)20-14-9-7-6-8-10-14/h6-10,12-13H,4-5,11H2,1-3H3,(H,19,21)(H2,18,20,23)/t12-/m0/s1. The Morgan fingerprint density at radius 2 is 1.67 bits per heavy atom. The minimum Gasteiger partial charge on any atom is -0.454 e. The van der Waals surface area contributed by atoms with Crippen molar-refractivity contribution in [1.29, 1.82) is 0 Å². The number of ether oxygens (including phenoxy) is 1. The molecule has 1 rings (SSSR count). The summed E-state index contributed by atoms with van der Waals surface area (Å²) in [5.74, 6) is -1.02. The Hall–Kier alpha value is -2.57. The summed E-state index contributed by atoms with van der Waals surface area (Å²) in [6, 6.07) is 7.54. The van der Waals surface area contributed by atoms with Crippen LogP contribution in [0.1, 0.15) is 33.6 Å². The van der Waals surface area contributed by atoms with Crippen molar-refractivity contribution >= 4 is 23.6 Å². The zero-order valence-electron chi connectivity index (χ0n) is 14.3. The number of hydrogen-bond donors (Lipinski definition) is 3. The topological polar surface area (TPSA) is 96.5 Å². The number of para-hydroxylation sites is 1. The molecular formula is C17H25N3O4. The van der Waals surface area contributed by atoms with Gasteiger partial charge in [-0.3, -0.25) is 4.79 Å². The molecule has 1 aromatic carbocycles. The lowest BCUT2D eigenvalue weighted by molar-refractivity contribution is -0.150. The van der Waals surface area contributed by atoms with E-state index in [-0.39, 0.29) is 18.6 Å². The van der Waals surface area contributed by atoms with Crippen molar-refractivity contribution in [3.05, 3.63) is 30.3 Å². The molecule has 0 aliphatic rings. The molecule has 3 N–H and O–H groups in total. The van der Waals surface area contributed by atoms with Crippen LogP contribution in [-0.4, -0.2) is 36.6 Å². The van der Waals surface area contributed by atoms with Gasteiger partial charge in [-0.1, -0.05) is 32.0 Å². The molecule has 0 unspecified atom stereocenters. The number of amides is 3. The number of benzene rings is 1. The molecule has 132 valence electrons. The lowest BCUT2D eigenvalue weighted by Gasteiger charge is -2.16. The fourth-order valence-electron chi connectivity index (χ4n) is 1.97. The first-order chi connectivity index (χ1) is 11.5. The average molecular weight is 335 g/mol. The summed E-state index contributed by atoms with van der Waals surface area (Å²) in [4.78, 5) is 35.3. The van der Waals surface area contributed by atoms with E-state index in [2.05, 4.69) is 16.0 Å². The molecule has 0 radical (unpaired) electrons. The van der Waals surface area contributed by atoms with Crippen molar-refractivity contribution in [2.75, 3.05) is 11.9 Å². The van der Waals surface area contributed by atoms with Gasteiger partial charge in [0.05, 0.1) is 0 Å². The minimum absolute atomic E-state index is 0.0726. The molecule has 0 aliphatic heterocycles. The van der Waals surface area contributed by atoms with Gasteiger partial charge in [-0.25, -0.2) is 9.59 Å². The Morgan fingerprint density at radius 3 is 2.25 bits per heavy atom. The lowest BCUT2D eigenvalue weighted by Crippen LogP contribution is -2.43. The molecule has 24 heavy (non-hydrogen) atoms. The molecule has 1 aromatic rings. The maximum atomic E-state index is 11.8. The van der Waals surface area contributed by atoms with Gasteiger partial charge in [-0.15, -0.1) is 0 Å². The van der Waals surface area contributed by atoms with Gasteiger partial charge in [0.1, 0.15) is 6.04 Å². The molecule has 0 aliphatic carbocycles. The number of hydrogen-bond acceptors (Lipinski definition) is 4. The highest BCUT2D eigenvalue weighted by Crippen LogP contribution is 2.04. The van der Waals surface area contributed by atoms with Crippen LogP contribution in [0.3, 0.4) is 0 Å². The van der Waals surface area contributed by atoms with E-state index >= 15 is 0 Å². The number of esters is 1. The third kappa shape index (κ3) is 7.13. The van der Waals surface area contributed by atoms with Crippen molar-refractivity contribution in [2.24, 2.45) is 0 Å². The minimum atomic E-state index is -0.866. The molecule has 0 bridgehead atoms. The maximum Gasteiger partial charge on any atom is 0.328 e. The first-order valence-corrected chi connectivity index (χ1v) is 8.04. The zero-order chi connectivity index (χ0) is 17.9. The molecule has 0 saturated carbocycles. The highest BCUT2D eigenvalue weighted by Gasteiger charge is 2.18. The predicted octanol–water partition coefficient (Wildman–Crippen LogP) is 2.04. The molecule has 7 heteroatoms. The molecule has 0 aromatic heterocycles. The van der Waals surface area contributed by atoms with E-state index in [9.17, 15) is 14.4 Å². The molecule has 0 fully saturated rings. The van der Waals surface area contributed by atoms with Gasteiger partial charge in [0.2, 0.25) is 0 Å². The highest BCUT2D eigenvalue weighted by molar-refractivity contribution is 5.92. The van der Waals surface area contributed by atoms with E-state index in [0.717, 1.165) is 12.8 Å². The Labute approximate surface area is 142 Å². The van der Waals surface area contributed by atoms with Gasteiger partial charge in [0.15, 0.2) is 6.61 Å². The normalized spacial score (nSPS) is 11.5. The number of carbonyl (C=O) groups excluding carboxylic acids is 3. The number of rotatable bonds is 8. The molecule has 1 atom stereocenters. The van der Waals surface area contributed by atoms with Crippen LogP contribution in [0.4, 0.5) is 10.5 Å². The van der Waals surface area contributed by atoms with Crippen LogP contribution in [0, 0.1) is 0 Å². The molecule has 0 saturated heterocycles. The van der Waals surface area contributed by atoms with Crippen molar-refractivity contribution < 1.29 is 19.1 Å². The van der Waals surface area contributed by atoms with Gasteiger partial charge >= 0.3 is 12.0 Å². The fraction of sp³-hybridized carbons (Fsp3) is 0.471. The number of urea groups is 1.